The highest BCUT2D eigenvalue weighted by Gasteiger charge is 2.20. The van der Waals surface area contributed by atoms with E-state index in [1.165, 1.54) is 12.1 Å². The van der Waals surface area contributed by atoms with Gasteiger partial charge in [0.05, 0.1) is 4.90 Å². The molecule has 2 heterocycles. The van der Waals surface area contributed by atoms with E-state index in [1.54, 1.807) is 30.6 Å². The number of anilines is 2. The summed E-state index contributed by atoms with van der Waals surface area (Å²) in [6.45, 7) is 0.732. The minimum atomic E-state index is -3.72. The summed E-state index contributed by atoms with van der Waals surface area (Å²) < 4.78 is 38.1. The summed E-state index contributed by atoms with van der Waals surface area (Å²) in [4.78, 5) is 4.18. The molecule has 4 rings (SSSR count). The molecule has 1 aliphatic rings. The van der Waals surface area contributed by atoms with Crippen LogP contribution in [0.25, 0.3) is 0 Å². The third-order valence-corrected chi connectivity index (χ3v) is 5.39. The van der Waals surface area contributed by atoms with Crippen molar-refractivity contribution in [1.82, 2.24) is 4.98 Å². The van der Waals surface area contributed by atoms with E-state index < -0.39 is 10.0 Å². The lowest BCUT2D eigenvalue weighted by Crippen LogP contribution is -2.12. The number of hydrogen-bond acceptors (Lipinski definition) is 6. The van der Waals surface area contributed by atoms with Gasteiger partial charge in [-0.05, 0) is 48.0 Å². The van der Waals surface area contributed by atoms with E-state index in [1.807, 2.05) is 24.3 Å². The maximum Gasteiger partial charge on any atom is 0.262 e. The highest BCUT2D eigenvalue weighted by molar-refractivity contribution is 7.92. The monoisotopic (exact) mass is 383 g/mol. The van der Waals surface area contributed by atoms with Crippen LogP contribution in [0, 0.1) is 0 Å². The molecule has 3 aromatic rings. The molecule has 0 radical (unpaired) electrons. The molecule has 0 amide bonds. The van der Waals surface area contributed by atoms with E-state index in [9.17, 15) is 8.42 Å². The molecule has 7 nitrogen and oxygen atoms in total. The van der Waals surface area contributed by atoms with Crippen LogP contribution in [0.3, 0.4) is 0 Å². The van der Waals surface area contributed by atoms with Crippen LogP contribution >= 0.6 is 0 Å². The number of pyridine rings is 1. The minimum absolute atomic E-state index is 0.0970. The largest absolute Gasteiger partial charge is 0.454 e. The van der Waals surface area contributed by atoms with Gasteiger partial charge in [-0.15, -0.1) is 0 Å². The first-order valence-electron chi connectivity index (χ1n) is 8.25. The molecule has 0 aliphatic carbocycles. The summed E-state index contributed by atoms with van der Waals surface area (Å²) in [7, 11) is -3.72. The first-order chi connectivity index (χ1) is 13.1. The lowest BCUT2D eigenvalue weighted by Gasteiger charge is -2.10. The van der Waals surface area contributed by atoms with Gasteiger partial charge in [-0.3, -0.25) is 9.71 Å². The van der Waals surface area contributed by atoms with Gasteiger partial charge in [-0.2, -0.15) is 0 Å². The van der Waals surface area contributed by atoms with E-state index in [4.69, 9.17) is 9.47 Å². The normalized spacial score (nSPS) is 12.6. The summed E-state index contributed by atoms with van der Waals surface area (Å²) in [5, 5.41) is 3.26. The maximum atomic E-state index is 12.6. The van der Waals surface area contributed by atoms with Crippen LogP contribution in [0.15, 0.2) is 71.9 Å². The van der Waals surface area contributed by atoms with Crippen molar-refractivity contribution in [3.8, 4) is 11.5 Å². The molecule has 0 unspecified atom stereocenters. The fraction of sp³-hybridized carbons (Fsp3) is 0.105. The van der Waals surface area contributed by atoms with Gasteiger partial charge in [0.25, 0.3) is 10.0 Å². The van der Waals surface area contributed by atoms with Crippen molar-refractivity contribution in [3.63, 3.8) is 0 Å². The van der Waals surface area contributed by atoms with Gasteiger partial charge in [0, 0.05) is 36.4 Å². The van der Waals surface area contributed by atoms with Gasteiger partial charge in [0.2, 0.25) is 6.79 Å². The number of fused-ring (bicyclic) bond motifs is 1. The van der Waals surface area contributed by atoms with Crippen molar-refractivity contribution in [1.29, 1.82) is 0 Å². The Morgan fingerprint density at radius 1 is 0.963 bits per heavy atom. The highest BCUT2D eigenvalue weighted by Crippen LogP contribution is 2.34. The number of benzene rings is 2. The van der Waals surface area contributed by atoms with Crippen LogP contribution in [-0.2, 0) is 16.6 Å². The number of ether oxygens (including phenoxy) is 2. The molecular formula is C19H17N3O4S. The van der Waals surface area contributed by atoms with E-state index in [0.29, 0.717) is 23.7 Å². The number of nitrogens with zero attached hydrogens (tertiary/aromatic N) is 1. The van der Waals surface area contributed by atoms with Crippen LogP contribution in [-0.4, -0.2) is 20.2 Å². The van der Waals surface area contributed by atoms with Gasteiger partial charge in [0.1, 0.15) is 0 Å². The van der Waals surface area contributed by atoms with Crippen molar-refractivity contribution in [2.45, 2.75) is 11.4 Å². The molecule has 0 spiro atoms. The summed E-state index contributed by atoms with van der Waals surface area (Å²) in [6, 6.07) is 15.4. The predicted molar refractivity (Wildman–Crippen MR) is 101 cm³/mol. The molecule has 1 aliphatic heterocycles. The molecular weight excluding hydrogens is 366 g/mol. The van der Waals surface area contributed by atoms with Crippen molar-refractivity contribution in [2.24, 2.45) is 0 Å². The highest BCUT2D eigenvalue weighted by atomic mass is 32.2. The van der Waals surface area contributed by atoms with Crippen LogP contribution in [0.5, 0.6) is 11.5 Å². The molecule has 27 heavy (non-hydrogen) atoms. The third-order valence-electron chi connectivity index (χ3n) is 4.01. The van der Waals surface area contributed by atoms with Crippen LogP contribution in [0.2, 0.25) is 0 Å². The van der Waals surface area contributed by atoms with Crippen LogP contribution in [0.4, 0.5) is 11.4 Å². The van der Waals surface area contributed by atoms with Crippen LogP contribution in [0.1, 0.15) is 5.56 Å². The standard InChI is InChI=1S/C19H17N3O4S/c23-27(24,17-7-8-18-19(10-17)26-13-25-18)22-16-5-3-15(4-6-16)21-12-14-2-1-9-20-11-14/h1-11,21-22H,12-13H2. The zero-order valence-corrected chi connectivity index (χ0v) is 15.1. The van der Waals surface area contributed by atoms with Gasteiger partial charge >= 0.3 is 0 Å². The molecule has 8 heteroatoms. The number of nitrogens with one attached hydrogen (secondary N) is 2. The molecule has 0 saturated heterocycles. The second kappa shape index (κ2) is 7.16. The molecule has 138 valence electrons. The Hall–Kier alpha value is -3.26. The number of sulfonamides is 1. The minimum Gasteiger partial charge on any atom is -0.454 e. The number of rotatable bonds is 6. The second-order valence-electron chi connectivity index (χ2n) is 5.91. The topological polar surface area (TPSA) is 89.6 Å². The van der Waals surface area contributed by atoms with Crippen molar-refractivity contribution >= 4 is 21.4 Å². The first kappa shape index (κ1) is 17.2. The second-order valence-corrected chi connectivity index (χ2v) is 7.60. The summed E-state index contributed by atoms with van der Waals surface area (Å²) in [6.07, 6.45) is 3.52. The van der Waals surface area contributed by atoms with Gasteiger partial charge in [-0.25, -0.2) is 8.42 Å². The van der Waals surface area contributed by atoms with Crippen molar-refractivity contribution in [2.75, 3.05) is 16.8 Å². The fourth-order valence-corrected chi connectivity index (χ4v) is 3.69. The van der Waals surface area contributed by atoms with Gasteiger partial charge in [0.15, 0.2) is 11.5 Å². The summed E-state index contributed by atoms with van der Waals surface area (Å²) >= 11 is 0. The Labute approximate surface area is 157 Å². The quantitative estimate of drug-likeness (QED) is 0.679. The Kier molecular flexibility index (Phi) is 4.55. The Balaban J connectivity index is 1.43. The predicted octanol–water partition coefficient (Wildman–Crippen LogP) is 3.22. The zero-order valence-electron chi connectivity index (χ0n) is 14.3. The van der Waals surface area contributed by atoms with Gasteiger partial charge < -0.3 is 14.8 Å². The fourth-order valence-electron chi connectivity index (χ4n) is 2.62. The van der Waals surface area contributed by atoms with Crippen LogP contribution < -0.4 is 19.5 Å². The van der Waals surface area contributed by atoms with Crippen molar-refractivity contribution < 1.29 is 17.9 Å². The van der Waals surface area contributed by atoms with E-state index in [2.05, 4.69) is 15.0 Å². The van der Waals surface area contributed by atoms with E-state index in [-0.39, 0.29) is 11.7 Å². The Bertz CT molecular complexity index is 1040. The zero-order chi connectivity index (χ0) is 18.7. The van der Waals surface area contributed by atoms with Gasteiger partial charge in [-0.1, -0.05) is 6.07 Å². The summed E-state index contributed by atoms with van der Waals surface area (Å²) in [5.41, 5.74) is 2.41. The molecule has 2 N–H and O–H groups in total. The number of hydrogen-bond donors (Lipinski definition) is 2. The molecule has 0 fully saturated rings. The number of aromatic nitrogens is 1. The summed E-state index contributed by atoms with van der Waals surface area (Å²) in [5.74, 6) is 0.964. The average Bonchev–Trinajstić information content (AvgIpc) is 3.16. The molecule has 0 atom stereocenters. The third kappa shape index (κ3) is 3.95. The molecule has 0 saturated carbocycles. The first-order valence-corrected chi connectivity index (χ1v) is 9.74. The molecule has 0 bridgehead atoms. The Morgan fingerprint density at radius 3 is 2.52 bits per heavy atom. The smallest absolute Gasteiger partial charge is 0.262 e. The van der Waals surface area contributed by atoms with E-state index >= 15 is 0 Å². The molecule has 1 aromatic heterocycles. The maximum absolute atomic E-state index is 12.6. The Morgan fingerprint density at radius 2 is 1.74 bits per heavy atom. The SMILES string of the molecule is O=S(=O)(Nc1ccc(NCc2cccnc2)cc1)c1ccc2c(c1)OCO2. The molecule has 2 aromatic carbocycles. The van der Waals surface area contributed by atoms with Crippen molar-refractivity contribution in [3.05, 3.63) is 72.6 Å². The van der Waals surface area contributed by atoms with E-state index in [0.717, 1.165) is 11.3 Å². The average molecular weight is 383 g/mol. The lowest BCUT2D eigenvalue weighted by molar-refractivity contribution is 0.174. The lowest BCUT2D eigenvalue weighted by atomic mass is 10.2.